The maximum absolute atomic E-state index is 11.6. The molecule has 0 spiro atoms. The molecule has 0 saturated heterocycles. The predicted octanol–water partition coefficient (Wildman–Crippen LogP) is 0.799. The quantitative estimate of drug-likeness (QED) is 0.545. The highest BCUT2D eigenvalue weighted by Crippen LogP contribution is 2.15. The van der Waals surface area contributed by atoms with Crippen molar-refractivity contribution in [3.63, 3.8) is 0 Å². The number of H-pyrrole nitrogens is 2. The Balaban J connectivity index is 2.74. The zero-order chi connectivity index (χ0) is 9.54. The summed E-state index contributed by atoms with van der Waals surface area (Å²) in [5, 5.41) is 11.6. The third kappa shape index (κ3) is 0.806. The molecule has 2 heterocycles. The number of aromatic nitrogens is 4. The zero-order valence-electron chi connectivity index (χ0n) is 7.11. The Hall–Kier alpha value is -2.17. The summed E-state index contributed by atoms with van der Waals surface area (Å²) in [6, 6.07) is 7.32. The number of hydrogen-bond donors (Lipinski definition) is 2. The van der Waals surface area contributed by atoms with Crippen LogP contribution in [-0.2, 0) is 0 Å². The number of rotatable bonds is 0. The number of benzene rings is 1. The second-order valence-corrected chi connectivity index (χ2v) is 3.04. The molecule has 0 saturated carbocycles. The first-order valence-electron chi connectivity index (χ1n) is 4.18. The first kappa shape index (κ1) is 7.25. The Morgan fingerprint density at radius 3 is 2.79 bits per heavy atom. The van der Waals surface area contributed by atoms with Gasteiger partial charge in [0, 0.05) is 10.8 Å². The van der Waals surface area contributed by atoms with Gasteiger partial charge in [-0.15, -0.1) is 5.10 Å². The molecule has 0 radical (unpaired) electrons. The van der Waals surface area contributed by atoms with Crippen molar-refractivity contribution < 1.29 is 0 Å². The van der Waals surface area contributed by atoms with Gasteiger partial charge < -0.3 is 4.98 Å². The molecule has 0 aliphatic rings. The molecule has 0 amide bonds. The van der Waals surface area contributed by atoms with Crippen LogP contribution in [0.25, 0.3) is 21.9 Å². The van der Waals surface area contributed by atoms with Gasteiger partial charge in [-0.2, -0.15) is 0 Å². The van der Waals surface area contributed by atoms with Gasteiger partial charge in [0.15, 0.2) is 5.65 Å². The number of pyridine rings is 1. The van der Waals surface area contributed by atoms with Gasteiger partial charge in [0.1, 0.15) is 5.52 Å². The minimum absolute atomic E-state index is 0.126. The predicted molar refractivity (Wildman–Crippen MR) is 52.0 cm³/mol. The molecule has 5 nitrogen and oxygen atoms in total. The van der Waals surface area contributed by atoms with E-state index in [1.807, 2.05) is 18.2 Å². The van der Waals surface area contributed by atoms with Gasteiger partial charge in [0.2, 0.25) is 0 Å². The Labute approximate surface area is 77.8 Å². The molecule has 0 aliphatic carbocycles. The van der Waals surface area contributed by atoms with Crippen molar-refractivity contribution in [1.82, 2.24) is 20.4 Å². The Morgan fingerprint density at radius 1 is 1.14 bits per heavy atom. The lowest BCUT2D eigenvalue weighted by Gasteiger charge is -1.95. The summed E-state index contributed by atoms with van der Waals surface area (Å²) < 4.78 is 0. The van der Waals surface area contributed by atoms with E-state index in [0.29, 0.717) is 16.6 Å². The van der Waals surface area contributed by atoms with Crippen molar-refractivity contribution >= 4 is 21.9 Å². The lowest BCUT2D eigenvalue weighted by atomic mass is 10.1. The summed E-state index contributed by atoms with van der Waals surface area (Å²) in [7, 11) is 0. The van der Waals surface area contributed by atoms with Crippen LogP contribution >= 0.6 is 0 Å². The van der Waals surface area contributed by atoms with Gasteiger partial charge in [-0.25, -0.2) is 5.10 Å². The first-order chi connectivity index (χ1) is 6.86. The van der Waals surface area contributed by atoms with E-state index in [1.165, 1.54) is 0 Å². The molecule has 68 valence electrons. The van der Waals surface area contributed by atoms with Crippen LogP contribution < -0.4 is 5.56 Å². The van der Waals surface area contributed by atoms with Gasteiger partial charge in [-0.3, -0.25) is 4.79 Å². The maximum atomic E-state index is 11.6. The lowest BCUT2D eigenvalue weighted by molar-refractivity contribution is 0.954. The Bertz CT molecular complexity index is 667. The van der Waals surface area contributed by atoms with E-state index < -0.39 is 0 Å². The molecule has 5 heteroatoms. The van der Waals surface area contributed by atoms with Gasteiger partial charge >= 0.3 is 0 Å². The number of fused-ring (bicyclic) bond motifs is 3. The van der Waals surface area contributed by atoms with Gasteiger partial charge in [-0.05, 0) is 6.07 Å². The minimum Gasteiger partial charge on any atom is -0.305 e. The molecule has 3 aromatic rings. The van der Waals surface area contributed by atoms with E-state index >= 15 is 0 Å². The number of nitrogens with one attached hydrogen (secondary N) is 2. The molecule has 0 atom stereocenters. The van der Waals surface area contributed by atoms with E-state index in [2.05, 4.69) is 20.4 Å². The monoisotopic (exact) mass is 186 g/mol. The van der Waals surface area contributed by atoms with Crippen LogP contribution in [0.1, 0.15) is 0 Å². The summed E-state index contributed by atoms with van der Waals surface area (Å²) >= 11 is 0. The van der Waals surface area contributed by atoms with Crippen LogP contribution in [0.5, 0.6) is 0 Å². The second kappa shape index (κ2) is 2.41. The van der Waals surface area contributed by atoms with Gasteiger partial charge in [0.05, 0.1) is 0 Å². The number of aromatic amines is 2. The molecule has 2 N–H and O–H groups in total. The molecule has 0 aliphatic heterocycles. The first-order valence-corrected chi connectivity index (χ1v) is 4.18. The molecule has 2 aromatic heterocycles. The highest BCUT2D eigenvalue weighted by atomic mass is 16.1. The highest BCUT2D eigenvalue weighted by molar-refractivity contribution is 6.01. The molecule has 14 heavy (non-hydrogen) atoms. The normalized spacial score (nSPS) is 11.1. The molecule has 0 unspecified atom stereocenters. The van der Waals surface area contributed by atoms with Crippen molar-refractivity contribution in [2.45, 2.75) is 0 Å². The molecular formula is C9H6N4O. The van der Waals surface area contributed by atoms with Crippen molar-refractivity contribution in [3.8, 4) is 0 Å². The third-order valence-electron chi connectivity index (χ3n) is 2.21. The zero-order valence-corrected chi connectivity index (χ0v) is 7.11. The van der Waals surface area contributed by atoms with E-state index in [9.17, 15) is 4.79 Å². The van der Waals surface area contributed by atoms with Crippen LogP contribution in [0.4, 0.5) is 0 Å². The molecule has 0 fully saturated rings. The number of hydrogen-bond acceptors (Lipinski definition) is 3. The van der Waals surface area contributed by atoms with Crippen molar-refractivity contribution in [1.29, 1.82) is 0 Å². The highest BCUT2D eigenvalue weighted by Gasteiger charge is 2.05. The van der Waals surface area contributed by atoms with Crippen molar-refractivity contribution in [3.05, 3.63) is 34.6 Å². The fourth-order valence-electron chi connectivity index (χ4n) is 1.57. The Kier molecular flexibility index (Phi) is 1.25. The van der Waals surface area contributed by atoms with Crippen LogP contribution in [0.2, 0.25) is 0 Å². The van der Waals surface area contributed by atoms with E-state index in [0.717, 1.165) is 5.39 Å². The second-order valence-electron chi connectivity index (χ2n) is 3.04. The molecule has 1 aromatic carbocycles. The third-order valence-corrected chi connectivity index (χ3v) is 2.21. The summed E-state index contributed by atoms with van der Waals surface area (Å²) in [6.45, 7) is 0. The van der Waals surface area contributed by atoms with Gasteiger partial charge in [0.25, 0.3) is 5.56 Å². The number of nitrogens with zero attached hydrogens (tertiary/aromatic N) is 2. The van der Waals surface area contributed by atoms with Crippen LogP contribution in [-0.4, -0.2) is 20.4 Å². The van der Waals surface area contributed by atoms with Crippen LogP contribution in [0, 0.1) is 0 Å². The average Bonchev–Trinajstić information content (AvgIpc) is 2.66. The topological polar surface area (TPSA) is 74.4 Å². The SMILES string of the molecule is O=c1[nH]c2[nH]nnc2c2ccccc12. The smallest absolute Gasteiger partial charge is 0.257 e. The summed E-state index contributed by atoms with van der Waals surface area (Å²) in [4.78, 5) is 14.2. The summed E-state index contributed by atoms with van der Waals surface area (Å²) in [5.74, 6) is 0. The van der Waals surface area contributed by atoms with Crippen molar-refractivity contribution in [2.24, 2.45) is 0 Å². The maximum Gasteiger partial charge on any atom is 0.257 e. The van der Waals surface area contributed by atoms with Crippen molar-refractivity contribution in [2.75, 3.05) is 0 Å². The Morgan fingerprint density at radius 2 is 1.93 bits per heavy atom. The molecule has 0 bridgehead atoms. The fraction of sp³-hybridized carbons (Fsp3) is 0. The minimum atomic E-state index is -0.126. The fourth-order valence-corrected chi connectivity index (χ4v) is 1.57. The molecule has 3 rings (SSSR count). The largest absolute Gasteiger partial charge is 0.305 e. The molecular weight excluding hydrogens is 180 g/mol. The summed E-state index contributed by atoms with van der Waals surface area (Å²) in [5.41, 5.74) is 1.13. The van der Waals surface area contributed by atoms with Crippen LogP contribution in [0.3, 0.4) is 0 Å². The van der Waals surface area contributed by atoms with Crippen LogP contribution in [0.15, 0.2) is 29.1 Å². The standard InChI is InChI=1S/C9H6N4O/c14-9-6-4-2-1-3-5(6)7-8(10-9)12-13-11-7/h1-4H,(H2,10,11,12,13,14). The summed E-state index contributed by atoms with van der Waals surface area (Å²) in [6.07, 6.45) is 0. The average molecular weight is 186 g/mol. The van der Waals surface area contributed by atoms with E-state index in [-0.39, 0.29) is 5.56 Å². The van der Waals surface area contributed by atoms with Gasteiger partial charge in [-0.1, -0.05) is 23.4 Å². The lowest BCUT2D eigenvalue weighted by Crippen LogP contribution is -2.05. The van der Waals surface area contributed by atoms with E-state index in [4.69, 9.17) is 0 Å². The van der Waals surface area contributed by atoms with E-state index in [1.54, 1.807) is 6.07 Å².